The van der Waals surface area contributed by atoms with Crippen LogP contribution in [0.25, 0.3) is 22.4 Å². The Labute approximate surface area is 182 Å². The monoisotopic (exact) mass is 488 g/mol. The van der Waals surface area contributed by atoms with E-state index in [1.54, 1.807) is 16.8 Å². The van der Waals surface area contributed by atoms with Crippen molar-refractivity contribution < 1.29 is 28.5 Å². The molecule has 4 heteroatoms. The number of rotatable bonds is 3. The second-order valence-corrected chi connectivity index (χ2v) is 8.43. The molecule has 0 bridgehead atoms. The summed E-state index contributed by atoms with van der Waals surface area (Å²) in [6.45, 7) is 5.73. The summed E-state index contributed by atoms with van der Waals surface area (Å²) in [5.41, 5.74) is 7.39. The molecule has 0 atom stereocenters. The van der Waals surface area contributed by atoms with E-state index in [4.69, 9.17) is 0 Å². The van der Waals surface area contributed by atoms with Gasteiger partial charge in [0.05, 0.1) is 0 Å². The van der Waals surface area contributed by atoms with Crippen molar-refractivity contribution in [3.63, 3.8) is 0 Å². The molecule has 0 amide bonds. The van der Waals surface area contributed by atoms with Crippen LogP contribution in [0.4, 0.5) is 5.69 Å². The molecule has 27 heavy (non-hydrogen) atoms. The number of benzene rings is 2. The third-order valence-electron chi connectivity index (χ3n) is 5.73. The molecule has 2 nitrogen and oxygen atoms in total. The maximum Gasteiger partial charge on any atom is 0.262 e. The van der Waals surface area contributed by atoms with Gasteiger partial charge in [0.2, 0.25) is 5.52 Å². The van der Waals surface area contributed by atoms with Crippen LogP contribution in [0, 0.1) is 0 Å². The molecule has 3 heterocycles. The zero-order chi connectivity index (χ0) is 17.5. The predicted molar refractivity (Wildman–Crippen MR) is 112 cm³/mol. The van der Waals surface area contributed by atoms with Crippen molar-refractivity contribution in [2.75, 3.05) is 18.0 Å². The fourth-order valence-electron chi connectivity index (χ4n) is 4.60. The van der Waals surface area contributed by atoms with E-state index in [1.165, 1.54) is 59.6 Å². The van der Waals surface area contributed by atoms with E-state index in [9.17, 15) is 0 Å². The minimum Gasteiger partial charge on any atom is -1.00 e. The number of anilines is 1. The second kappa shape index (κ2) is 7.92. The predicted octanol–water partition coefficient (Wildman–Crippen LogP) is 2.08. The molecular weight excluding hydrogens is 463 g/mol. The lowest BCUT2D eigenvalue weighted by Gasteiger charge is -2.37. The fourth-order valence-corrected chi connectivity index (χ4v) is 5.73. The lowest BCUT2D eigenvalue weighted by atomic mass is 9.90. The summed E-state index contributed by atoms with van der Waals surface area (Å²) in [6.07, 6.45) is 9.70. The first-order valence-electron chi connectivity index (χ1n) is 9.83. The van der Waals surface area contributed by atoms with E-state index >= 15 is 0 Å². The number of hydrogen-bond acceptors (Lipinski definition) is 2. The summed E-state index contributed by atoms with van der Waals surface area (Å²) in [7, 11) is 0. The normalized spacial score (nSPS) is 15.8. The molecular formula is C23H25IN2S. The Morgan fingerprint density at radius 3 is 2.44 bits per heavy atom. The van der Waals surface area contributed by atoms with Crippen LogP contribution in [0.15, 0.2) is 36.4 Å². The minimum absolute atomic E-state index is 0. The first-order valence-corrected chi connectivity index (χ1v) is 10.7. The van der Waals surface area contributed by atoms with Crippen molar-refractivity contribution in [3.8, 4) is 0 Å². The summed E-state index contributed by atoms with van der Waals surface area (Å²) >= 11 is 1.89. The molecule has 0 spiro atoms. The number of fused-ring (bicyclic) bond motifs is 1. The molecule has 140 valence electrons. The van der Waals surface area contributed by atoms with Gasteiger partial charge in [-0.2, -0.15) is 4.57 Å². The third-order valence-corrected chi connectivity index (χ3v) is 6.86. The molecule has 0 saturated heterocycles. The molecule has 5 rings (SSSR count). The number of para-hydroxylation sites is 1. The smallest absolute Gasteiger partial charge is 0.262 e. The Kier molecular flexibility index (Phi) is 5.55. The molecule has 0 aliphatic carbocycles. The molecule has 0 radical (unpaired) electrons. The molecule has 0 unspecified atom stereocenters. The number of halogens is 1. The summed E-state index contributed by atoms with van der Waals surface area (Å²) in [5, 5.41) is 1.33. The van der Waals surface area contributed by atoms with Gasteiger partial charge in [-0.25, -0.2) is 0 Å². The highest BCUT2D eigenvalue weighted by molar-refractivity contribution is 7.18. The van der Waals surface area contributed by atoms with Crippen molar-refractivity contribution >= 4 is 39.4 Å². The van der Waals surface area contributed by atoms with Gasteiger partial charge in [0, 0.05) is 30.9 Å². The van der Waals surface area contributed by atoms with Crippen LogP contribution in [0.5, 0.6) is 0 Å². The van der Waals surface area contributed by atoms with Crippen LogP contribution in [0.1, 0.15) is 41.5 Å². The molecule has 1 aromatic heterocycles. The van der Waals surface area contributed by atoms with Gasteiger partial charge in [0.25, 0.3) is 5.01 Å². The fraction of sp³-hybridized carbons (Fsp3) is 0.348. The van der Waals surface area contributed by atoms with Gasteiger partial charge in [-0.1, -0.05) is 23.5 Å². The van der Waals surface area contributed by atoms with E-state index in [-0.39, 0.29) is 24.0 Å². The molecule has 0 N–H and O–H groups in total. The van der Waals surface area contributed by atoms with Crippen molar-refractivity contribution in [1.82, 2.24) is 0 Å². The van der Waals surface area contributed by atoms with Gasteiger partial charge in [-0.3, -0.25) is 0 Å². The van der Waals surface area contributed by atoms with Gasteiger partial charge in [-0.05, 0) is 73.6 Å². The van der Waals surface area contributed by atoms with Crippen molar-refractivity contribution in [1.29, 1.82) is 0 Å². The Morgan fingerprint density at radius 2 is 1.74 bits per heavy atom. The molecule has 0 fully saturated rings. The third kappa shape index (κ3) is 3.42. The topological polar surface area (TPSA) is 7.12 Å². The lowest BCUT2D eigenvalue weighted by molar-refractivity contribution is -0.665. The van der Waals surface area contributed by atoms with E-state index in [0.29, 0.717) is 0 Å². The summed E-state index contributed by atoms with van der Waals surface area (Å²) in [6, 6.07) is 13.6. The first-order chi connectivity index (χ1) is 12.8. The molecule has 2 aliphatic heterocycles. The highest BCUT2D eigenvalue weighted by atomic mass is 127. The number of nitrogens with zero attached hydrogens (tertiary/aromatic N) is 2. The zero-order valence-corrected chi connectivity index (χ0v) is 18.7. The number of aromatic nitrogens is 1. The van der Waals surface area contributed by atoms with Crippen LogP contribution in [-0.2, 0) is 19.4 Å². The van der Waals surface area contributed by atoms with Crippen molar-refractivity contribution in [2.45, 2.75) is 39.2 Å². The van der Waals surface area contributed by atoms with Gasteiger partial charge in [-0.15, -0.1) is 0 Å². The Bertz CT molecular complexity index is 974. The first kappa shape index (κ1) is 18.9. The minimum atomic E-state index is 0. The number of hydrogen-bond donors (Lipinski definition) is 0. The van der Waals surface area contributed by atoms with E-state index in [1.807, 2.05) is 11.3 Å². The maximum atomic E-state index is 2.61. The standard InChI is InChI=1S/C23H25N2S.HI/c1-2-25-20-9-3-4-10-21(20)26-22(25)12-11-17-15-18-7-5-13-24-14-6-8-19(16-17)23(18)24;/h3-4,9-12,15-16H,2,5-8,13-14H2,1H3;1H/q+1;/p-1. The average Bonchev–Trinajstić information content (AvgIpc) is 3.04. The van der Waals surface area contributed by atoms with Gasteiger partial charge < -0.3 is 28.9 Å². The van der Waals surface area contributed by atoms with Gasteiger partial charge in [0.15, 0.2) is 0 Å². The average molecular weight is 488 g/mol. The molecule has 2 aliphatic rings. The largest absolute Gasteiger partial charge is 1.00 e. The number of thiazole rings is 1. The summed E-state index contributed by atoms with van der Waals surface area (Å²) in [5.74, 6) is 0. The highest BCUT2D eigenvalue weighted by Crippen LogP contribution is 2.36. The number of aryl methyl sites for hydroxylation is 3. The molecule has 0 saturated carbocycles. The van der Waals surface area contributed by atoms with Crippen LogP contribution < -0.4 is 33.4 Å². The van der Waals surface area contributed by atoms with Crippen molar-refractivity contribution in [3.05, 3.63) is 58.1 Å². The van der Waals surface area contributed by atoms with E-state index in [2.05, 4.69) is 64.9 Å². The van der Waals surface area contributed by atoms with Crippen LogP contribution >= 0.6 is 11.3 Å². The maximum absolute atomic E-state index is 2.61. The van der Waals surface area contributed by atoms with E-state index in [0.717, 1.165) is 6.54 Å². The zero-order valence-electron chi connectivity index (χ0n) is 15.7. The lowest BCUT2D eigenvalue weighted by Crippen LogP contribution is -3.00. The summed E-state index contributed by atoms with van der Waals surface area (Å²) < 4.78 is 3.78. The second-order valence-electron chi connectivity index (χ2n) is 7.37. The van der Waals surface area contributed by atoms with Gasteiger partial charge >= 0.3 is 0 Å². The quantitative estimate of drug-likeness (QED) is 0.405. The van der Waals surface area contributed by atoms with Crippen LogP contribution in [0.2, 0.25) is 0 Å². The summed E-state index contributed by atoms with van der Waals surface area (Å²) in [4.78, 5) is 2.61. The van der Waals surface area contributed by atoms with E-state index < -0.39 is 0 Å². The van der Waals surface area contributed by atoms with Crippen LogP contribution in [-0.4, -0.2) is 13.1 Å². The Balaban J connectivity index is 0.00000180. The van der Waals surface area contributed by atoms with Gasteiger partial charge in [0.1, 0.15) is 11.2 Å². The SMILES string of the molecule is CC[n+]1c(C=Cc2cc3c4c(c2)CCCN4CCC3)sc2ccccc21.[I-]. The van der Waals surface area contributed by atoms with Crippen LogP contribution in [0.3, 0.4) is 0 Å². The Hall–Kier alpha value is -1.40. The molecule has 3 aromatic rings. The van der Waals surface area contributed by atoms with Crippen molar-refractivity contribution in [2.24, 2.45) is 0 Å². The highest BCUT2D eigenvalue weighted by Gasteiger charge is 2.24. The Morgan fingerprint density at radius 1 is 1.04 bits per heavy atom. The molecule has 2 aromatic carbocycles.